The van der Waals surface area contributed by atoms with E-state index >= 15 is 0 Å². The van der Waals surface area contributed by atoms with Gasteiger partial charge in [0.15, 0.2) is 0 Å². The number of hydrogen-bond acceptors (Lipinski definition) is 3. The Morgan fingerprint density at radius 2 is 1.90 bits per heavy atom. The van der Waals surface area contributed by atoms with Gasteiger partial charge in [0.05, 0.1) is 6.04 Å². The molecule has 1 heterocycles. The van der Waals surface area contributed by atoms with Gasteiger partial charge in [-0.15, -0.1) is 0 Å². The molecule has 1 atom stereocenters. The molecule has 4 nitrogen and oxygen atoms in total. The summed E-state index contributed by atoms with van der Waals surface area (Å²) in [7, 11) is 0. The largest absolute Gasteiger partial charge is 0.441 e. The molecule has 1 aliphatic rings. The molecular formula is C17H23NO3. The molecule has 114 valence electrons. The molecular weight excluding hydrogens is 266 g/mol. The monoisotopic (exact) mass is 289 g/mol. The number of cyclic esters (lactones) is 1. The van der Waals surface area contributed by atoms with E-state index in [1.807, 2.05) is 58.0 Å². The molecule has 2 amide bonds. The Morgan fingerprint density at radius 3 is 2.48 bits per heavy atom. The molecule has 1 aliphatic heterocycles. The molecule has 0 spiro atoms. The minimum Gasteiger partial charge on any atom is -0.441 e. The Morgan fingerprint density at radius 1 is 1.29 bits per heavy atom. The van der Waals surface area contributed by atoms with Gasteiger partial charge in [0.1, 0.15) is 5.60 Å². The Kier molecular flexibility index (Phi) is 4.35. The standard InChI is InChI=1S/C17H23NO3/c1-12(2)15-17(3,4)21-16(20)18(15)14(19)11-10-13-8-6-5-7-9-13/h5-9,12,15H,10-11H2,1-4H3/t15-/m1/s1. The van der Waals surface area contributed by atoms with E-state index in [9.17, 15) is 9.59 Å². The molecule has 4 heteroatoms. The number of rotatable bonds is 4. The first-order valence-corrected chi connectivity index (χ1v) is 7.42. The highest BCUT2D eigenvalue weighted by Crippen LogP contribution is 2.34. The van der Waals surface area contributed by atoms with Crippen molar-refractivity contribution in [2.24, 2.45) is 5.92 Å². The van der Waals surface area contributed by atoms with Crippen molar-refractivity contribution in [3.63, 3.8) is 0 Å². The smallest absolute Gasteiger partial charge is 0.417 e. The number of nitrogens with zero attached hydrogens (tertiary/aromatic N) is 1. The van der Waals surface area contributed by atoms with Crippen molar-refractivity contribution in [2.75, 3.05) is 0 Å². The van der Waals surface area contributed by atoms with Crippen LogP contribution in [0.5, 0.6) is 0 Å². The third-order valence-corrected chi connectivity index (χ3v) is 3.91. The third kappa shape index (κ3) is 3.26. The van der Waals surface area contributed by atoms with E-state index in [1.54, 1.807) is 0 Å². The zero-order valence-corrected chi connectivity index (χ0v) is 13.1. The van der Waals surface area contributed by atoms with E-state index in [0.717, 1.165) is 5.56 Å². The summed E-state index contributed by atoms with van der Waals surface area (Å²) < 4.78 is 5.37. The summed E-state index contributed by atoms with van der Waals surface area (Å²) in [5.74, 6) is 0.000235. The van der Waals surface area contributed by atoms with Crippen molar-refractivity contribution < 1.29 is 14.3 Å². The molecule has 0 radical (unpaired) electrons. The van der Waals surface area contributed by atoms with Crippen molar-refractivity contribution in [1.82, 2.24) is 4.90 Å². The van der Waals surface area contributed by atoms with Gasteiger partial charge in [-0.2, -0.15) is 0 Å². The summed E-state index contributed by atoms with van der Waals surface area (Å²) in [6.45, 7) is 7.73. The lowest BCUT2D eigenvalue weighted by Crippen LogP contribution is -2.48. The molecule has 0 aromatic heterocycles. The highest BCUT2D eigenvalue weighted by Gasteiger charge is 2.51. The molecule has 0 unspecified atom stereocenters. The SMILES string of the molecule is CC(C)[C@H]1N(C(=O)CCc2ccccc2)C(=O)OC1(C)C. The number of benzene rings is 1. The average Bonchev–Trinajstić information content (AvgIpc) is 2.66. The molecule has 1 aromatic carbocycles. The second-order valence-electron chi connectivity index (χ2n) is 6.41. The number of imide groups is 1. The number of ether oxygens (including phenoxy) is 1. The second kappa shape index (κ2) is 5.88. The van der Waals surface area contributed by atoms with Crippen molar-refractivity contribution >= 4 is 12.0 Å². The summed E-state index contributed by atoms with van der Waals surface area (Å²) in [6, 6.07) is 9.60. The first-order valence-electron chi connectivity index (χ1n) is 7.42. The quantitative estimate of drug-likeness (QED) is 0.853. The van der Waals surface area contributed by atoms with Crippen molar-refractivity contribution in [3.05, 3.63) is 35.9 Å². The van der Waals surface area contributed by atoms with E-state index in [0.29, 0.717) is 12.8 Å². The van der Waals surface area contributed by atoms with Crippen LogP contribution in [0.3, 0.4) is 0 Å². The van der Waals surface area contributed by atoms with E-state index in [-0.39, 0.29) is 17.9 Å². The minimum atomic E-state index is -0.631. The van der Waals surface area contributed by atoms with Crippen LogP contribution < -0.4 is 0 Å². The van der Waals surface area contributed by atoms with Gasteiger partial charge in [-0.3, -0.25) is 4.79 Å². The van der Waals surface area contributed by atoms with Crippen LogP contribution in [0, 0.1) is 5.92 Å². The zero-order chi connectivity index (χ0) is 15.6. The lowest BCUT2D eigenvalue weighted by molar-refractivity contribution is -0.130. The highest BCUT2D eigenvalue weighted by atomic mass is 16.6. The molecule has 2 rings (SSSR count). The molecule has 0 bridgehead atoms. The Balaban J connectivity index is 2.08. The van der Waals surface area contributed by atoms with Crippen molar-refractivity contribution in [2.45, 2.75) is 52.2 Å². The molecule has 1 aromatic rings. The van der Waals surface area contributed by atoms with Gasteiger partial charge in [-0.05, 0) is 31.7 Å². The van der Waals surface area contributed by atoms with Gasteiger partial charge in [-0.25, -0.2) is 9.69 Å². The van der Waals surface area contributed by atoms with E-state index < -0.39 is 11.7 Å². The zero-order valence-electron chi connectivity index (χ0n) is 13.1. The average molecular weight is 289 g/mol. The molecule has 0 saturated carbocycles. The van der Waals surface area contributed by atoms with Gasteiger partial charge in [0.25, 0.3) is 0 Å². The Labute approximate surface area is 126 Å². The van der Waals surface area contributed by atoms with Gasteiger partial charge >= 0.3 is 6.09 Å². The molecule has 1 fully saturated rings. The number of hydrogen-bond donors (Lipinski definition) is 0. The fourth-order valence-electron chi connectivity index (χ4n) is 3.13. The molecule has 0 N–H and O–H groups in total. The van der Waals surface area contributed by atoms with E-state index in [4.69, 9.17) is 4.74 Å². The molecule has 1 saturated heterocycles. The highest BCUT2D eigenvalue weighted by molar-refractivity contribution is 5.94. The van der Waals surface area contributed by atoms with E-state index in [1.165, 1.54) is 4.90 Å². The maximum Gasteiger partial charge on any atom is 0.417 e. The van der Waals surface area contributed by atoms with Crippen LogP contribution in [0.4, 0.5) is 4.79 Å². The number of carbonyl (C=O) groups excluding carboxylic acids is 2. The number of aryl methyl sites for hydroxylation is 1. The van der Waals surface area contributed by atoms with Crippen LogP contribution in [0.1, 0.15) is 39.7 Å². The summed E-state index contributed by atoms with van der Waals surface area (Å²) >= 11 is 0. The van der Waals surface area contributed by atoms with Crippen LogP contribution in [0.15, 0.2) is 30.3 Å². The predicted octanol–water partition coefficient (Wildman–Crippen LogP) is 3.40. The molecule has 21 heavy (non-hydrogen) atoms. The third-order valence-electron chi connectivity index (χ3n) is 3.91. The maximum absolute atomic E-state index is 12.5. The van der Waals surface area contributed by atoms with Crippen LogP contribution in [0.2, 0.25) is 0 Å². The summed E-state index contributed by atoms with van der Waals surface area (Å²) in [5.41, 5.74) is 0.465. The van der Waals surface area contributed by atoms with E-state index in [2.05, 4.69) is 0 Å². The summed E-state index contributed by atoms with van der Waals surface area (Å²) in [6.07, 6.45) is 0.435. The fourth-order valence-corrected chi connectivity index (χ4v) is 3.13. The van der Waals surface area contributed by atoms with Crippen LogP contribution >= 0.6 is 0 Å². The van der Waals surface area contributed by atoms with Crippen molar-refractivity contribution in [1.29, 1.82) is 0 Å². The maximum atomic E-state index is 12.5. The van der Waals surface area contributed by atoms with Gasteiger partial charge in [-0.1, -0.05) is 44.2 Å². The Hall–Kier alpha value is -1.84. The second-order valence-corrected chi connectivity index (χ2v) is 6.41. The van der Waals surface area contributed by atoms with Gasteiger partial charge < -0.3 is 4.74 Å². The first-order chi connectivity index (χ1) is 9.83. The fraction of sp³-hybridized carbons (Fsp3) is 0.529. The van der Waals surface area contributed by atoms with Crippen molar-refractivity contribution in [3.8, 4) is 0 Å². The minimum absolute atomic E-state index is 0.159. The lowest BCUT2D eigenvalue weighted by Gasteiger charge is -2.30. The Bertz CT molecular complexity index is 522. The van der Waals surface area contributed by atoms with Crippen LogP contribution in [0.25, 0.3) is 0 Å². The molecule has 0 aliphatic carbocycles. The van der Waals surface area contributed by atoms with Gasteiger partial charge in [0, 0.05) is 6.42 Å². The predicted molar refractivity (Wildman–Crippen MR) is 80.8 cm³/mol. The van der Waals surface area contributed by atoms with Crippen LogP contribution in [-0.2, 0) is 16.0 Å². The topological polar surface area (TPSA) is 46.6 Å². The lowest BCUT2D eigenvalue weighted by atomic mass is 9.89. The normalized spacial score (nSPS) is 20.7. The number of amides is 2. The summed E-state index contributed by atoms with van der Waals surface area (Å²) in [4.78, 5) is 25.8. The summed E-state index contributed by atoms with van der Waals surface area (Å²) in [5, 5.41) is 0. The number of carbonyl (C=O) groups is 2. The van der Waals surface area contributed by atoms with Gasteiger partial charge in [0.2, 0.25) is 5.91 Å². The van der Waals surface area contributed by atoms with Crippen LogP contribution in [-0.4, -0.2) is 28.5 Å². The first kappa shape index (κ1) is 15.5.